The van der Waals surface area contributed by atoms with Gasteiger partial charge in [0.1, 0.15) is 6.04 Å². The lowest BCUT2D eigenvalue weighted by Crippen LogP contribution is -2.30. The molecule has 1 heterocycles. The van der Waals surface area contributed by atoms with Crippen molar-refractivity contribution in [3.8, 4) is 17.2 Å². The van der Waals surface area contributed by atoms with Gasteiger partial charge in [0.2, 0.25) is 17.6 Å². The summed E-state index contributed by atoms with van der Waals surface area (Å²) in [6, 6.07) is 2.76. The van der Waals surface area contributed by atoms with Gasteiger partial charge in [0, 0.05) is 17.8 Å². The highest BCUT2D eigenvalue weighted by atomic mass is 16.5. The highest BCUT2D eigenvalue weighted by Crippen LogP contribution is 2.40. The Bertz CT molecular complexity index is 519. The van der Waals surface area contributed by atoms with Crippen LogP contribution in [0.5, 0.6) is 17.2 Å². The highest BCUT2D eigenvalue weighted by molar-refractivity contribution is 6.06. The van der Waals surface area contributed by atoms with Crippen molar-refractivity contribution in [2.24, 2.45) is 0 Å². The molecule has 0 aromatic heterocycles. The Kier molecular flexibility index (Phi) is 3.97. The van der Waals surface area contributed by atoms with Gasteiger partial charge in [0.25, 0.3) is 0 Å². The van der Waals surface area contributed by atoms with E-state index in [1.807, 2.05) is 0 Å². The first kappa shape index (κ1) is 14.0. The molecule has 0 saturated carbocycles. The van der Waals surface area contributed by atoms with Gasteiger partial charge in [-0.25, -0.2) is 0 Å². The predicted octanol–water partition coefficient (Wildman–Crippen LogP) is 0.539. The third-order valence-corrected chi connectivity index (χ3v) is 2.97. The van der Waals surface area contributed by atoms with E-state index >= 15 is 0 Å². The van der Waals surface area contributed by atoms with Gasteiger partial charge >= 0.3 is 0 Å². The molecule has 2 amide bonds. The number of ether oxygens (including phenoxy) is 3. The molecule has 0 spiro atoms. The number of anilines is 1. The van der Waals surface area contributed by atoms with Crippen molar-refractivity contribution in [3.63, 3.8) is 0 Å². The molecule has 7 heteroatoms. The lowest BCUT2D eigenvalue weighted by atomic mass is 10.2. The number of carbonyl (C=O) groups excluding carboxylic acids is 2. The standard InChI is InChI=1S/C13H16N2O5/c1-18-9-4-7(5-10(19-2)12(9)20-3)14-8-6-11(16)15-13(8)17/h4-5,8,14H,6H2,1-3H3,(H,15,16,17). The van der Waals surface area contributed by atoms with Crippen molar-refractivity contribution in [2.75, 3.05) is 26.6 Å². The van der Waals surface area contributed by atoms with Gasteiger partial charge in [-0.3, -0.25) is 14.9 Å². The maximum Gasteiger partial charge on any atom is 0.249 e. The Morgan fingerprint density at radius 2 is 1.70 bits per heavy atom. The third kappa shape index (κ3) is 2.61. The van der Waals surface area contributed by atoms with E-state index in [-0.39, 0.29) is 18.2 Å². The summed E-state index contributed by atoms with van der Waals surface area (Å²) < 4.78 is 15.6. The van der Waals surface area contributed by atoms with E-state index < -0.39 is 6.04 Å². The van der Waals surface area contributed by atoms with E-state index in [1.54, 1.807) is 12.1 Å². The van der Waals surface area contributed by atoms with Gasteiger partial charge in [-0.05, 0) is 0 Å². The van der Waals surface area contributed by atoms with Crippen LogP contribution in [0.15, 0.2) is 12.1 Å². The van der Waals surface area contributed by atoms with Crippen LogP contribution in [0.4, 0.5) is 5.69 Å². The van der Waals surface area contributed by atoms with Crippen LogP contribution in [0.2, 0.25) is 0 Å². The first-order valence-electron chi connectivity index (χ1n) is 5.99. The SMILES string of the molecule is COc1cc(NC2CC(=O)NC2=O)cc(OC)c1OC. The van der Waals surface area contributed by atoms with Crippen molar-refractivity contribution in [1.82, 2.24) is 5.32 Å². The predicted molar refractivity (Wildman–Crippen MR) is 71.3 cm³/mol. The molecule has 20 heavy (non-hydrogen) atoms. The first-order chi connectivity index (χ1) is 9.58. The zero-order valence-corrected chi connectivity index (χ0v) is 11.5. The van der Waals surface area contributed by atoms with Crippen molar-refractivity contribution in [3.05, 3.63) is 12.1 Å². The van der Waals surface area contributed by atoms with Gasteiger partial charge in [0.05, 0.1) is 27.8 Å². The van der Waals surface area contributed by atoms with E-state index in [0.717, 1.165) is 0 Å². The minimum absolute atomic E-state index is 0.107. The van der Waals surface area contributed by atoms with Crippen molar-refractivity contribution >= 4 is 17.5 Å². The van der Waals surface area contributed by atoms with Crippen LogP contribution in [-0.4, -0.2) is 39.2 Å². The monoisotopic (exact) mass is 280 g/mol. The third-order valence-electron chi connectivity index (χ3n) is 2.97. The Morgan fingerprint density at radius 1 is 1.10 bits per heavy atom. The molecule has 1 unspecified atom stereocenters. The minimum atomic E-state index is -0.592. The second kappa shape index (κ2) is 5.68. The lowest BCUT2D eigenvalue weighted by Gasteiger charge is -2.16. The Balaban J connectivity index is 2.28. The summed E-state index contributed by atoms with van der Waals surface area (Å²) in [6.07, 6.45) is 0.107. The van der Waals surface area contributed by atoms with Crippen molar-refractivity contribution in [1.29, 1.82) is 0 Å². The summed E-state index contributed by atoms with van der Waals surface area (Å²) in [5, 5.41) is 5.21. The topological polar surface area (TPSA) is 85.9 Å². The summed E-state index contributed by atoms with van der Waals surface area (Å²) in [4.78, 5) is 22.7. The molecule has 1 aromatic rings. The molecule has 108 valence electrons. The largest absolute Gasteiger partial charge is 0.493 e. The molecule has 1 aliphatic heterocycles. The molecule has 7 nitrogen and oxygen atoms in total. The summed E-state index contributed by atoms with van der Waals surface area (Å²) in [7, 11) is 4.52. The van der Waals surface area contributed by atoms with Crippen LogP contribution >= 0.6 is 0 Å². The lowest BCUT2D eigenvalue weighted by molar-refractivity contribution is -0.124. The molecule has 1 saturated heterocycles. The van der Waals surface area contributed by atoms with E-state index in [2.05, 4.69) is 10.6 Å². The maximum atomic E-state index is 11.5. The van der Waals surface area contributed by atoms with Gasteiger partial charge in [-0.2, -0.15) is 0 Å². The molecule has 0 bridgehead atoms. The van der Waals surface area contributed by atoms with E-state index in [0.29, 0.717) is 22.9 Å². The van der Waals surface area contributed by atoms with Gasteiger partial charge in [-0.1, -0.05) is 0 Å². The fraction of sp³-hybridized carbons (Fsp3) is 0.385. The Morgan fingerprint density at radius 3 is 2.10 bits per heavy atom. The molecular formula is C13H16N2O5. The smallest absolute Gasteiger partial charge is 0.249 e. The van der Waals surface area contributed by atoms with Crippen LogP contribution in [0.25, 0.3) is 0 Å². The van der Waals surface area contributed by atoms with E-state index in [4.69, 9.17) is 14.2 Å². The molecule has 1 fully saturated rings. The number of nitrogens with one attached hydrogen (secondary N) is 2. The van der Waals surface area contributed by atoms with Crippen LogP contribution in [0.1, 0.15) is 6.42 Å². The van der Waals surface area contributed by atoms with Gasteiger partial charge in [-0.15, -0.1) is 0 Å². The van der Waals surface area contributed by atoms with Crippen molar-refractivity contribution in [2.45, 2.75) is 12.5 Å². The Labute approximate surface area is 116 Å². The average Bonchev–Trinajstić information content (AvgIpc) is 2.75. The van der Waals surface area contributed by atoms with Crippen LogP contribution in [0, 0.1) is 0 Å². The number of imide groups is 1. The number of amides is 2. The van der Waals surface area contributed by atoms with E-state index in [1.165, 1.54) is 21.3 Å². The molecule has 0 aliphatic carbocycles. The normalized spacial score (nSPS) is 17.6. The fourth-order valence-corrected chi connectivity index (χ4v) is 2.04. The van der Waals surface area contributed by atoms with Crippen LogP contribution in [-0.2, 0) is 9.59 Å². The van der Waals surface area contributed by atoms with E-state index in [9.17, 15) is 9.59 Å². The number of benzene rings is 1. The second-order valence-corrected chi connectivity index (χ2v) is 4.23. The molecule has 1 aromatic carbocycles. The maximum absolute atomic E-state index is 11.5. The fourth-order valence-electron chi connectivity index (χ4n) is 2.04. The number of hydrogen-bond donors (Lipinski definition) is 2. The molecule has 1 aliphatic rings. The number of methoxy groups -OCH3 is 3. The second-order valence-electron chi connectivity index (χ2n) is 4.23. The first-order valence-corrected chi connectivity index (χ1v) is 5.99. The summed E-state index contributed by atoms with van der Waals surface area (Å²) in [5.74, 6) is 0.773. The van der Waals surface area contributed by atoms with Crippen LogP contribution < -0.4 is 24.8 Å². The highest BCUT2D eigenvalue weighted by Gasteiger charge is 2.30. The minimum Gasteiger partial charge on any atom is -0.493 e. The average molecular weight is 280 g/mol. The van der Waals surface area contributed by atoms with Gasteiger partial charge < -0.3 is 19.5 Å². The zero-order valence-electron chi connectivity index (χ0n) is 11.5. The quantitative estimate of drug-likeness (QED) is 0.766. The molecule has 2 N–H and O–H groups in total. The zero-order chi connectivity index (χ0) is 14.7. The number of rotatable bonds is 5. The van der Waals surface area contributed by atoms with Gasteiger partial charge in [0.15, 0.2) is 11.5 Å². The molecule has 1 atom stereocenters. The number of hydrogen-bond acceptors (Lipinski definition) is 6. The molecule has 0 radical (unpaired) electrons. The summed E-state index contributed by atoms with van der Waals surface area (Å²) >= 11 is 0. The summed E-state index contributed by atoms with van der Waals surface area (Å²) in [6.45, 7) is 0. The van der Waals surface area contributed by atoms with Crippen LogP contribution in [0.3, 0.4) is 0 Å². The summed E-state index contributed by atoms with van der Waals surface area (Å²) in [5.41, 5.74) is 0.606. The Hall–Kier alpha value is -2.44. The molecule has 2 rings (SSSR count). The number of carbonyl (C=O) groups is 2. The van der Waals surface area contributed by atoms with Crippen molar-refractivity contribution < 1.29 is 23.8 Å². The molecular weight excluding hydrogens is 264 g/mol.